The van der Waals surface area contributed by atoms with Crippen LogP contribution >= 0.6 is 0 Å². The average molecular weight is 283 g/mol. The predicted molar refractivity (Wildman–Crippen MR) is 87.2 cm³/mol. The zero-order chi connectivity index (χ0) is 15.5. The maximum atomic E-state index is 11.7. The van der Waals surface area contributed by atoms with Gasteiger partial charge in [-0.1, -0.05) is 49.0 Å². The van der Waals surface area contributed by atoms with Crippen molar-refractivity contribution in [1.29, 1.82) is 0 Å². The summed E-state index contributed by atoms with van der Waals surface area (Å²) in [6, 6.07) is 14.2. The fraction of sp³-hybridized carbons (Fsp3) is 0.278. The minimum atomic E-state index is -0.495. The molecule has 0 aromatic heterocycles. The van der Waals surface area contributed by atoms with E-state index in [-0.39, 0.29) is 0 Å². The molecule has 0 unspecified atom stereocenters. The summed E-state index contributed by atoms with van der Waals surface area (Å²) >= 11 is 0. The lowest BCUT2D eigenvalue weighted by Gasteiger charge is -2.20. The van der Waals surface area contributed by atoms with Gasteiger partial charge in [0.1, 0.15) is 5.60 Å². The lowest BCUT2D eigenvalue weighted by Crippen LogP contribution is -2.33. The number of hydrogen-bond acceptors (Lipinski definition) is 2. The van der Waals surface area contributed by atoms with Crippen molar-refractivity contribution in [3.8, 4) is 0 Å². The normalized spacial score (nSPS) is 11.2. The second-order valence-corrected chi connectivity index (χ2v) is 5.99. The van der Waals surface area contributed by atoms with Gasteiger partial charge < -0.3 is 10.1 Å². The lowest BCUT2D eigenvalue weighted by molar-refractivity contribution is 0.0535. The molecular formula is C18H21NO2. The Morgan fingerprint density at radius 2 is 1.81 bits per heavy atom. The van der Waals surface area contributed by atoms with Gasteiger partial charge in [-0.15, -0.1) is 0 Å². The number of carbonyl (C=O) groups is 1. The molecule has 0 aliphatic rings. The molecule has 0 atom stereocenters. The Balaban J connectivity index is 2.08. The number of nitrogens with one attached hydrogen (secondary N) is 1. The molecule has 2 aromatic carbocycles. The SMILES string of the molecule is C=C(CNC(=O)OC(C)(C)C)c1cccc2ccccc12. The summed E-state index contributed by atoms with van der Waals surface area (Å²) in [5.74, 6) is 0. The first-order valence-corrected chi connectivity index (χ1v) is 6.99. The van der Waals surface area contributed by atoms with Gasteiger partial charge in [0, 0.05) is 6.54 Å². The number of benzene rings is 2. The van der Waals surface area contributed by atoms with Crippen molar-refractivity contribution < 1.29 is 9.53 Å². The quantitative estimate of drug-likeness (QED) is 0.908. The van der Waals surface area contributed by atoms with E-state index in [1.807, 2.05) is 45.0 Å². The van der Waals surface area contributed by atoms with Crippen LogP contribution in [-0.2, 0) is 4.74 Å². The fourth-order valence-corrected chi connectivity index (χ4v) is 2.12. The van der Waals surface area contributed by atoms with Gasteiger partial charge in [-0.05, 0) is 42.7 Å². The van der Waals surface area contributed by atoms with Crippen LogP contribution in [0.25, 0.3) is 16.3 Å². The average Bonchev–Trinajstić information content (AvgIpc) is 2.42. The van der Waals surface area contributed by atoms with Gasteiger partial charge in [0.25, 0.3) is 0 Å². The van der Waals surface area contributed by atoms with E-state index in [1.54, 1.807) is 0 Å². The monoisotopic (exact) mass is 283 g/mol. The third-order valence-corrected chi connectivity index (χ3v) is 3.02. The van der Waals surface area contributed by atoms with Crippen molar-refractivity contribution in [3.05, 3.63) is 54.6 Å². The molecule has 0 bridgehead atoms. The fourth-order valence-electron chi connectivity index (χ4n) is 2.12. The molecule has 0 aliphatic heterocycles. The van der Waals surface area contributed by atoms with Gasteiger partial charge in [0.2, 0.25) is 0 Å². The van der Waals surface area contributed by atoms with E-state index in [2.05, 4.69) is 30.1 Å². The first-order chi connectivity index (χ1) is 9.87. The standard InChI is InChI=1S/C18H21NO2/c1-13(12-19-17(20)21-18(2,3)4)15-11-7-9-14-8-5-6-10-16(14)15/h5-11H,1,12H2,2-4H3,(H,19,20). The van der Waals surface area contributed by atoms with Gasteiger partial charge in [0.05, 0.1) is 0 Å². The molecule has 3 heteroatoms. The van der Waals surface area contributed by atoms with Gasteiger partial charge in [-0.3, -0.25) is 0 Å². The first-order valence-electron chi connectivity index (χ1n) is 6.99. The van der Waals surface area contributed by atoms with Crippen LogP contribution in [0.4, 0.5) is 4.79 Å². The van der Waals surface area contributed by atoms with Crippen LogP contribution in [0.5, 0.6) is 0 Å². The maximum Gasteiger partial charge on any atom is 0.407 e. The number of amides is 1. The molecule has 110 valence electrons. The molecule has 0 saturated carbocycles. The smallest absolute Gasteiger partial charge is 0.407 e. The van der Waals surface area contributed by atoms with Gasteiger partial charge in [-0.2, -0.15) is 0 Å². The molecule has 0 saturated heterocycles. The second kappa shape index (κ2) is 6.00. The van der Waals surface area contributed by atoms with Gasteiger partial charge in [-0.25, -0.2) is 4.79 Å². The Kier molecular flexibility index (Phi) is 4.32. The van der Waals surface area contributed by atoms with Crippen molar-refractivity contribution in [3.63, 3.8) is 0 Å². The minimum absolute atomic E-state index is 0.364. The molecule has 3 nitrogen and oxygen atoms in total. The van der Waals surface area contributed by atoms with Crippen molar-refractivity contribution >= 4 is 22.4 Å². The number of fused-ring (bicyclic) bond motifs is 1. The van der Waals surface area contributed by atoms with E-state index >= 15 is 0 Å². The Hall–Kier alpha value is -2.29. The number of alkyl carbamates (subject to hydrolysis) is 1. The Morgan fingerprint density at radius 1 is 1.14 bits per heavy atom. The van der Waals surface area contributed by atoms with E-state index < -0.39 is 11.7 Å². The van der Waals surface area contributed by atoms with Crippen molar-refractivity contribution in [2.24, 2.45) is 0 Å². The van der Waals surface area contributed by atoms with Crippen molar-refractivity contribution in [1.82, 2.24) is 5.32 Å². The topological polar surface area (TPSA) is 38.3 Å². The minimum Gasteiger partial charge on any atom is -0.444 e. The number of rotatable bonds is 3. The lowest BCUT2D eigenvalue weighted by atomic mass is 9.99. The second-order valence-electron chi connectivity index (χ2n) is 5.99. The Morgan fingerprint density at radius 3 is 2.52 bits per heavy atom. The maximum absolute atomic E-state index is 11.7. The molecule has 2 aromatic rings. The molecule has 1 amide bonds. The van der Waals surface area contributed by atoms with Crippen LogP contribution in [0, 0.1) is 0 Å². The van der Waals surface area contributed by atoms with E-state index in [9.17, 15) is 4.79 Å². The Bertz CT molecular complexity index is 663. The summed E-state index contributed by atoms with van der Waals surface area (Å²) < 4.78 is 5.22. The number of hydrogen-bond donors (Lipinski definition) is 1. The molecular weight excluding hydrogens is 262 g/mol. The van der Waals surface area contributed by atoms with E-state index in [4.69, 9.17) is 4.74 Å². The van der Waals surface area contributed by atoms with Crippen LogP contribution in [0.1, 0.15) is 26.3 Å². The van der Waals surface area contributed by atoms with Crippen molar-refractivity contribution in [2.75, 3.05) is 6.54 Å². The van der Waals surface area contributed by atoms with Gasteiger partial charge in [0.15, 0.2) is 0 Å². The third-order valence-electron chi connectivity index (χ3n) is 3.02. The predicted octanol–water partition coefficient (Wildman–Crippen LogP) is 4.38. The molecule has 0 spiro atoms. The van der Waals surface area contributed by atoms with Gasteiger partial charge >= 0.3 is 6.09 Å². The van der Waals surface area contributed by atoms with Crippen LogP contribution in [0.15, 0.2) is 49.0 Å². The summed E-state index contributed by atoms with van der Waals surface area (Å²) in [6.07, 6.45) is -0.427. The summed E-state index contributed by atoms with van der Waals surface area (Å²) in [7, 11) is 0. The highest BCUT2D eigenvalue weighted by atomic mass is 16.6. The summed E-state index contributed by atoms with van der Waals surface area (Å²) in [4.78, 5) is 11.7. The zero-order valence-corrected chi connectivity index (χ0v) is 12.8. The Labute approximate surface area is 125 Å². The molecule has 21 heavy (non-hydrogen) atoms. The summed E-state index contributed by atoms with van der Waals surface area (Å²) in [5.41, 5.74) is 1.41. The summed E-state index contributed by atoms with van der Waals surface area (Å²) in [5, 5.41) is 5.04. The van der Waals surface area contributed by atoms with E-state index in [0.717, 1.165) is 21.9 Å². The molecule has 1 N–H and O–H groups in total. The van der Waals surface area contributed by atoms with Crippen LogP contribution in [-0.4, -0.2) is 18.2 Å². The molecule has 0 heterocycles. The van der Waals surface area contributed by atoms with Crippen LogP contribution in [0.3, 0.4) is 0 Å². The van der Waals surface area contributed by atoms with Crippen LogP contribution < -0.4 is 5.32 Å². The highest BCUT2D eigenvalue weighted by Crippen LogP contribution is 2.23. The first kappa shape index (κ1) is 15.1. The van der Waals surface area contributed by atoms with Crippen LogP contribution in [0.2, 0.25) is 0 Å². The van der Waals surface area contributed by atoms with E-state index in [0.29, 0.717) is 6.54 Å². The third kappa shape index (κ3) is 4.09. The molecule has 0 aliphatic carbocycles. The largest absolute Gasteiger partial charge is 0.444 e. The van der Waals surface area contributed by atoms with Crippen molar-refractivity contribution in [2.45, 2.75) is 26.4 Å². The van der Waals surface area contributed by atoms with E-state index in [1.165, 1.54) is 0 Å². The molecule has 0 radical (unpaired) electrons. The molecule has 2 rings (SSSR count). The highest BCUT2D eigenvalue weighted by molar-refractivity contribution is 5.94. The zero-order valence-electron chi connectivity index (χ0n) is 12.8. The number of carbonyl (C=O) groups excluding carboxylic acids is 1. The highest BCUT2D eigenvalue weighted by Gasteiger charge is 2.16. The summed E-state index contributed by atoms with van der Waals surface area (Å²) in [6.45, 7) is 9.96. The number of ether oxygens (including phenoxy) is 1. The molecule has 0 fully saturated rings.